The minimum absolute atomic E-state index is 0.328. The average Bonchev–Trinajstić information content (AvgIpc) is 2.45. The van der Waals surface area contributed by atoms with Crippen LogP contribution in [0.4, 0.5) is 0 Å². The molecule has 114 valence electrons. The predicted octanol–water partition coefficient (Wildman–Crippen LogP) is 3.06. The molecule has 1 heterocycles. The van der Waals surface area contributed by atoms with Crippen molar-refractivity contribution in [1.82, 2.24) is 15.5 Å². The quantitative estimate of drug-likeness (QED) is 0.754. The third kappa shape index (κ3) is 4.84. The zero-order valence-corrected chi connectivity index (χ0v) is 13.6. The van der Waals surface area contributed by atoms with E-state index in [1.165, 1.54) is 5.56 Å². The Hall–Kier alpha value is -1.00. The number of hydrogen-bond acceptors (Lipinski definition) is 4. The summed E-state index contributed by atoms with van der Waals surface area (Å²) >= 11 is 0. The zero-order valence-electron chi connectivity index (χ0n) is 13.6. The molecular formula is C16H29N3O. The summed E-state index contributed by atoms with van der Waals surface area (Å²) in [7, 11) is 1.76. The van der Waals surface area contributed by atoms with Gasteiger partial charge in [-0.2, -0.15) is 10.2 Å². The van der Waals surface area contributed by atoms with Gasteiger partial charge in [0, 0.05) is 19.8 Å². The molecule has 0 saturated heterocycles. The highest BCUT2D eigenvalue weighted by molar-refractivity contribution is 5.25. The van der Waals surface area contributed by atoms with E-state index < -0.39 is 0 Å². The van der Waals surface area contributed by atoms with Crippen LogP contribution in [0.15, 0.2) is 6.07 Å². The van der Waals surface area contributed by atoms with E-state index in [0.29, 0.717) is 12.0 Å². The van der Waals surface area contributed by atoms with Crippen molar-refractivity contribution in [2.45, 2.75) is 53.0 Å². The number of hydrogen-bond donors (Lipinski definition) is 1. The Kier molecular flexibility index (Phi) is 7.70. The molecule has 0 radical (unpaired) electrons. The van der Waals surface area contributed by atoms with Crippen LogP contribution in [0.2, 0.25) is 0 Å². The Labute approximate surface area is 123 Å². The van der Waals surface area contributed by atoms with Gasteiger partial charge in [0.25, 0.3) is 0 Å². The highest BCUT2D eigenvalue weighted by Gasteiger charge is 2.22. The van der Waals surface area contributed by atoms with Crippen molar-refractivity contribution < 1.29 is 4.74 Å². The number of methoxy groups -OCH3 is 1. The smallest absolute Gasteiger partial charge is 0.0676 e. The summed E-state index contributed by atoms with van der Waals surface area (Å²) in [6, 6.07) is 2.51. The van der Waals surface area contributed by atoms with Gasteiger partial charge in [0.15, 0.2) is 0 Å². The molecule has 2 unspecified atom stereocenters. The maximum absolute atomic E-state index is 5.23. The summed E-state index contributed by atoms with van der Waals surface area (Å²) in [5.41, 5.74) is 3.39. The number of nitrogens with one attached hydrogen (secondary N) is 1. The van der Waals surface area contributed by atoms with E-state index in [1.807, 2.05) is 6.92 Å². The standard InChI is InChI=1S/C16H29N3O/c1-6-9-17-16(12(3)8-10-20-5)14-11-13(4)18-19-15(14)7-2/h11-12,16-17H,6-10H2,1-5H3. The second-order valence-corrected chi connectivity index (χ2v) is 5.43. The first-order valence-corrected chi connectivity index (χ1v) is 7.69. The van der Waals surface area contributed by atoms with Crippen LogP contribution in [0, 0.1) is 12.8 Å². The van der Waals surface area contributed by atoms with Crippen LogP contribution in [0.1, 0.15) is 56.6 Å². The van der Waals surface area contributed by atoms with E-state index in [9.17, 15) is 0 Å². The molecule has 0 aromatic carbocycles. The van der Waals surface area contributed by atoms with Gasteiger partial charge in [-0.3, -0.25) is 0 Å². The maximum Gasteiger partial charge on any atom is 0.0676 e. The molecule has 4 heteroatoms. The molecule has 4 nitrogen and oxygen atoms in total. The molecule has 0 aliphatic heterocycles. The van der Waals surface area contributed by atoms with Gasteiger partial charge >= 0.3 is 0 Å². The minimum atomic E-state index is 0.328. The molecule has 1 N–H and O–H groups in total. The van der Waals surface area contributed by atoms with Gasteiger partial charge in [0.1, 0.15) is 0 Å². The molecule has 0 amide bonds. The highest BCUT2D eigenvalue weighted by atomic mass is 16.5. The van der Waals surface area contributed by atoms with Crippen molar-refractivity contribution in [3.63, 3.8) is 0 Å². The Balaban J connectivity index is 2.99. The number of aryl methyl sites for hydroxylation is 2. The van der Waals surface area contributed by atoms with Crippen LogP contribution in [0.25, 0.3) is 0 Å². The highest BCUT2D eigenvalue weighted by Crippen LogP contribution is 2.27. The lowest BCUT2D eigenvalue weighted by atomic mass is 9.90. The largest absolute Gasteiger partial charge is 0.385 e. The number of ether oxygens (including phenoxy) is 1. The van der Waals surface area contributed by atoms with Crippen molar-refractivity contribution in [1.29, 1.82) is 0 Å². The molecule has 0 bridgehead atoms. The zero-order chi connectivity index (χ0) is 15.0. The fraction of sp³-hybridized carbons (Fsp3) is 0.750. The summed E-state index contributed by atoms with van der Waals surface area (Å²) in [4.78, 5) is 0. The Morgan fingerprint density at radius 3 is 2.65 bits per heavy atom. The molecule has 0 saturated carbocycles. The topological polar surface area (TPSA) is 47.0 Å². The molecule has 1 rings (SSSR count). The van der Waals surface area contributed by atoms with Gasteiger partial charge in [-0.05, 0) is 50.3 Å². The summed E-state index contributed by atoms with van der Waals surface area (Å²) in [6.07, 6.45) is 3.10. The molecule has 2 atom stereocenters. The fourth-order valence-electron chi connectivity index (χ4n) is 2.47. The Morgan fingerprint density at radius 1 is 1.30 bits per heavy atom. The average molecular weight is 279 g/mol. The van der Waals surface area contributed by atoms with Crippen LogP contribution in [-0.4, -0.2) is 30.5 Å². The third-order valence-corrected chi connectivity index (χ3v) is 3.66. The normalized spacial score (nSPS) is 14.2. The van der Waals surface area contributed by atoms with E-state index in [4.69, 9.17) is 4.74 Å². The molecule has 0 spiro atoms. The minimum Gasteiger partial charge on any atom is -0.385 e. The summed E-state index contributed by atoms with van der Waals surface area (Å²) < 4.78 is 5.23. The first-order chi connectivity index (χ1) is 9.63. The van der Waals surface area contributed by atoms with Gasteiger partial charge < -0.3 is 10.1 Å². The van der Waals surface area contributed by atoms with E-state index in [0.717, 1.165) is 43.8 Å². The molecular weight excluding hydrogens is 250 g/mol. The third-order valence-electron chi connectivity index (χ3n) is 3.66. The lowest BCUT2D eigenvalue weighted by molar-refractivity contribution is 0.170. The van der Waals surface area contributed by atoms with Crippen LogP contribution in [0.5, 0.6) is 0 Å². The van der Waals surface area contributed by atoms with Gasteiger partial charge in [-0.15, -0.1) is 0 Å². The van der Waals surface area contributed by atoms with E-state index in [-0.39, 0.29) is 0 Å². The summed E-state index contributed by atoms with van der Waals surface area (Å²) in [5, 5.41) is 12.2. The van der Waals surface area contributed by atoms with Crippen LogP contribution >= 0.6 is 0 Å². The van der Waals surface area contributed by atoms with Crippen molar-refractivity contribution in [2.75, 3.05) is 20.3 Å². The van der Waals surface area contributed by atoms with Crippen LogP contribution in [0.3, 0.4) is 0 Å². The number of nitrogens with zero attached hydrogens (tertiary/aromatic N) is 2. The van der Waals surface area contributed by atoms with Crippen molar-refractivity contribution in [3.05, 3.63) is 23.0 Å². The monoisotopic (exact) mass is 279 g/mol. The Bertz CT molecular complexity index is 395. The molecule has 0 aliphatic carbocycles. The fourth-order valence-corrected chi connectivity index (χ4v) is 2.47. The van der Waals surface area contributed by atoms with Crippen molar-refractivity contribution in [3.8, 4) is 0 Å². The lowest BCUT2D eigenvalue weighted by Crippen LogP contribution is -2.30. The van der Waals surface area contributed by atoms with Crippen LogP contribution in [-0.2, 0) is 11.2 Å². The molecule has 1 aromatic rings. The van der Waals surface area contributed by atoms with Crippen molar-refractivity contribution >= 4 is 0 Å². The van der Waals surface area contributed by atoms with E-state index >= 15 is 0 Å². The molecule has 0 fully saturated rings. The predicted molar refractivity (Wildman–Crippen MR) is 82.8 cm³/mol. The van der Waals surface area contributed by atoms with Gasteiger partial charge in [0.05, 0.1) is 11.4 Å². The van der Waals surface area contributed by atoms with Gasteiger partial charge in [-0.25, -0.2) is 0 Å². The Morgan fingerprint density at radius 2 is 2.05 bits per heavy atom. The second kappa shape index (κ2) is 9.03. The number of aromatic nitrogens is 2. The van der Waals surface area contributed by atoms with Gasteiger partial charge in [-0.1, -0.05) is 20.8 Å². The first-order valence-electron chi connectivity index (χ1n) is 7.69. The van der Waals surface area contributed by atoms with Crippen LogP contribution < -0.4 is 5.32 Å². The maximum atomic E-state index is 5.23. The SMILES string of the molecule is CCCNC(c1cc(C)nnc1CC)C(C)CCOC. The second-order valence-electron chi connectivity index (χ2n) is 5.43. The van der Waals surface area contributed by atoms with Crippen molar-refractivity contribution in [2.24, 2.45) is 5.92 Å². The van der Waals surface area contributed by atoms with E-state index in [2.05, 4.69) is 42.4 Å². The molecule has 1 aromatic heterocycles. The lowest BCUT2D eigenvalue weighted by Gasteiger charge is -2.27. The first kappa shape index (κ1) is 17.1. The molecule has 0 aliphatic rings. The summed E-state index contributed by atoms with van der Waals surface area (Å²) in [6.45, 7) is 10.4. The number of rotatable bonds is 9. The molecule has 20 heavy (non-hydrogen) atoms. The van der Waals surface area contributed by atoms with E-state index in [1.54, 1.807) is 7.11 Å². The summed E-state index contributed by atoms with van der Waals surface area (Å²) in [5.74, 6) is 0.510. The van der Waals surface area contributed by atoms with Gasteiger partial charge in [0.2, 0.25) is 0 Å².